The van der Waals surface area contributed by atoms with Crippen molar-refractivity contribution in [2.75, 3.05) is 19.6 Å². The van der Waals surface area contributed by atoms with Crippen LogP contribution in [-0.4, -0.2) is 40.4 Å². The predicted octanol–water partition coefficient (Wildman–Crippen LogP) is 3.06. The summed E-state index contributed by atoms with van der Waals surface area (Å²) in [5.41, 5.74) is 3.22. The molecule has 2 N–H and O–H groups in total. The molecule has 4 rings (SSSR count). The lowest BCUT2D eigenvalue weighted by atomic mass is 9.97. The second kappa shape index (κ2) is 7.70. The van der Waals surface area contributed by atoms with Crippen LogP contribution in [0.25, 0.3) is 11.0 Å². The van der Waals surface area contributed by atoms with Gasteiger partial charge in [0.1, 0.15) is 5.82 Å². The first-order valence-electron chi connectivity index (χ1n) is 9.25. The summed E-state index contributed by atoms with van der Waals surface area (Å²) in [7, 11) is 0. The van der Waals surface area contributed by atoms with Crippen molar-refractivity contribution in [3.63, 3.8) is 0 Å². The zero-order valence-corrected chi connectivity index (χ0v) is 14.8. The summed E-state index contributed by atoms with van der Waals surface area (Å²) >= 11 is 0. The average molecular weight is 348 g/mol. The molecule has 0 spiro atoms. The average Bonchev–Trinajstić information content (AvgIpc) is 3.12. The van der Waals surface area contributed by atoms with E-state index in [1.807, 2.05) is 48.5 Å². The Morgan fingerprint density at radius 1 is 1.15 bits per heavy atom. The fourth-order valence-electron chi connectivity index (χ4n) is 3.64. The number of aromatic amines is 1. The minimum atomic E-state index is 0.0825. The highest BCUT2D eigenvalue weighted by molar-refractivity contribution is 5.78. The van der Waals surface area contributed by atoms with Crippen LogP contribution in [0.3, 0.4) is 0 Å². The van der Waals surface area contributed by atoms with E-state index in [0.29, 0.717) is 19.0 Å². The molecule has 1 saturated heterocycles. The SMILES string of the molecule is O=C(CN1CCC[C@H](c2nc3ccccc3[nH]2)C1)NCc1ccccc1. The summed E-state index contributed by atoms with van der Waals surface area (Å²) in [6.45, 7) is 2.87. The number of likely N-dealkylation sites (tertiary alicyclic amines) is 1. The molecule has 0 aliphatic carbocycles. The third-order valence-electron chi connectivity index (χ3n) is 5.00. The molecular formula is C21H24N4O. The summed E-state index contributed by atoms with van der Waals surface area (Å²) in [5, 5.41) is 3.02. The van der Waals surface area contributed by atoms with Gasteiger partial charge in [-0.1, -0.05) is 42.5 Å². The van der Waals surface area contributed by atoms with Gasteiger partial charge < -0.3 is 10.3 Å². The van der Waals surface area contributed by atoms with Gasteiger partial charge in [0.25, 0.3) is 0 Å². The maximum Gasteiger partial charge on any atom is 0.234 e. The Morgan fingerprint density at radius 2 is 1.96 bits per heavy atom. The zero-order valence-electron chi connectivity index (χ0n) is 14.8. The zero-order chi connectivity index (χ0) is 17.8. The number of carbonyl (C=O) groups excluding carboxylic acids is 1. The van der Waals surface area contributed by atoms with Gasteiger partial charge in [-0.3, -0.25) is 9.69 Å². The molecule has 5 heteroatoms. The highest BCUT2D eigenvalue weighted by atomic mass is 16.2. The van der Waals surface area contributed by atoms with Crippen molar-refractivity contribution in [2.45, 2.75) is 25.3 Å². The Kier molecular flexibility index (Phi) is 4.97. The van der Waals surface area contributed by atoms with Crippen molar-refractivity contribution < 1.29 is 4.79 Å². The molecule has 26 heavy (non-hydrogen) atoms. The summed E-state index contributed by atoms with van der Waals surface area (Å²) in [4.78, 5) is 22.7. The molecule has 1 aromatic heterocycles. The van der Waals surface area contributed by atoms with Crippen molar-refractivity contribution >= 4 is 16.9 Å². The normalized spacial score (nSPS) is 18.1. The molecule has 134 valence electrons. The number of para-hydroxylation sites is 2. The first-order chi connectivity index (χ1) is 12.8. The van der Waals surface area contributed by atoms with Crippen molar-refractivity contribution in [1.29, 1.82) is 0 Å². The summed E-state index contributed by atoms with van der Waals surface area (Å²) in [6, 6.07) is 18.1. The number of piperidine rings is 1. The quantitative estimate of drug-likeness (QED) is 0.745. The molecular weight excluding hydrogens is 324 g/mol. The van der Waals surface area contributed by atoms with Crippen molar-refractivity contribution in [3.8, 4) is 0 Å². The molecule has 0 radical (unpaired) electrons. The third-order valence-corrected chi connectivity index (χ3v) is 5.00. The maximum absolute atomic E-state index is 12.3. The van der Waals surface area contributed by atoms with Crippen molar-refractivity contribution in [3.05, 3.63) is 66.0 Å². The molecule has 1 fully saturated rings. The molecule has 2 aromatic carbocycles. The van der Waals surface area contributed by atoms with Crippen LogP contribution in [-0.2, 0) is 11.3 Å². The lowest BCUT2D eigenvalue weighted by Gasteiger charge is -2.31. The van der Waals surface area contributed by atoms with Crippen molar-refractivity contribution in [2.24, 2.45) is 0 Å². The largest absolute Gasteiger partial charge is 0.351 e. The highest BCUT2D eigenvalue weighted by Crippen LogP contribution is 2.26. The van der Waals surface area contributed by atoms with Gasteiger partial charge >= 0.3 is 0 Å². The smallest absolute Gasteiger partial charge is 0.234 e. The van der Waals surface area contributed by atoms with E-state index < -0.39 is 0 Å². The van der Waals surface area contributed by atoms with Gasteiger partial charge in [0.2, 0.25) is 5.91 Å². The topological polar surface area (TPSA) is 61.0 Å². The molecule has 1 amide bonds. The lowest BCUT2D eigenvalue weighted by Crippen LogP contribution is -2.42. The third kappa shape index (κ3) is 3.94. The fourth-order valence-corrected chi connectivity index (χ4v) is 3.64. The van der Waals surface area contributed by atoms with E-state index in [9.17, 15) is 4.79 Å². The van der Waals surface area contributed by atoms with E-state index in [1.54, 1.807) is 0 Å². The molecule has 1 atom stereocenters. The number of hydrogen-bond acceptors (Lipinski definition) is 3. The Balaban J connectivity index is 1.33. The van der Waals surface area contributed by atoms with Crippen LogP contribution in [0.5, 0.6) is 0 Å². The Morgan fingerprint density at radius 3 is 2.81 bits per heavy atom. The second-order valence-electron chi connectivity index (χ2n) is 6.98. The van der Waals surface area contributed by atoms with Gasteiger partial charge in [0.05, 0.1) is 17.6 Å². The van der Waals surface area contributed by atoms with Gasteiger partial charge in [-0.05, 0) is 37.1 Å². The number of hydrogen-bond donors (Lipinski definition) is 2. The number of nitrogens with one attached hydrogen (secondary N) is 2. The second-order valence-corrected chi connectivity index (χ2v) is 6.98. The number of H-pyrrole nitrogens is 1. The van der Waals surface area contributed by atoms with Crippen LogP contribution in [0.2, 0.25) is 0 Å². The Hall–Kier alpha value is -2.66. The van der Waals surface area contributed by atoms with Gasteiger partial charge in [0, 0.05) is 19.0 Å². The van der Waals surface area contributed by atoms with E-state index in [0.717, 1.165) is 48.4 Å². The van der Waals surface area contributed by atoms with E-state index in [-0.39, 0.29) is 5.91 Å². The van der Waals surface area contributed by atoms with Gasteiger partial charge in [-0.2, -0.15) is 0 Å². The highest BCUT2D eigenvalue weighted by Gasteiger charge is 2.25. The van der Waals surface area contributed by atoms with Gasteiger partial charge in [-0.25, -0.2) is 4.98 Å². The first kappa shape index (κ1) is 16.8. The predicted molar refractivity (Wildman–Crippen MR) is 103 cm³/mol. The molecule has 0 saturated carbocycles. The van der Waals surface area contributed by atoms with E-state index in [1.165, 1.54) is 0 Å². The van der Waals surface area contributed by atoms with Crippen LogP contribution >= 0.6 is 0 Å². The van der Waals surface area contributed by atoms with Crippen LogP contribution in [0.4, 0.5) is 0 Å². The Labute approximate surface area is 153 Å². The number of carbonyl (C=O) groups is 1. The number of benzene rings is 2. The Bertz CT molecular complexity index is 841. The van der Waals surface area contributed by atoms with Crippen LogP contribution < -0.4 is 5.32 Å². The summed E-state index contributed by atoms with van der Waals surface area (Å²) < 4.78 is 0. The molecule has 2 heterocycles. The van der Waals surface area contributed by atoms with Gasteiger partial charge in [0.15, 0.2) is 0 Å². The van der Waals surface area contributed by atoms with E-state index in [2.05, 4.69) is 21.3 Å². The standard InChI is InChI=1S/C21H24N4O/c26-20(22-13-16-7-2-1-3-8-16)15-25-12-6-9-17(14-25)21-23-18-10-4-5-11-19(18)24-21/h1-5,7-8,10-11,17H,6,9,12-15H2,(H,22,26)(H,23,24)/t17-/m0/s1. The molecule has 0 unspecified atom stereocenters. The number of fused-ring (bicyclic) bond motifs is 1. The molecule has 0 bridgehead atoms. The molecule has 1 aliphatic rings. The number of aromatic nitrogens is 2. The van der Waals surface area contributed by atoms with Crippen LogP contribution in [0, 0.1) is 0 Å². The van der Waals surface area contributed by atoms with Gasteiger partial charge in [-0.15, -0.1) is 0 Å². The van der Waals surface area contributed by atoms with E-state index in [4.69, 9.17) is 4.98 Å². The molecule has 1 aliphatic heterocycles. The fraction of sp³-hybridized carbons (Fsp3) is 0.333. The van der Waals surface area contributed by atoms with Crippen LogP contribution in [0.1, 0.15) is 30.1 Å². The summed E-state index contributed by atoms with van der Waals surface area (Å²) in [6.07, 6.45) is 2.20. The monoisotopic (exact) mass is 348 g/mol. The number of nitrogens with zero attached hydrogens (tertiary/aromatic N) is 2. The maximum atomic E-state index is 12.3. The minimum Gasteiger partial charge on any atom is -0.351 e. The number of amides is 1. The molecule has 5 nitrogen and oxygen atoms in total. The number of rotatable bonds is 5. The first-order valence-corrected chi connectivity index (χ1v) is 9.25. The molecule has 3 aromatic rings. The number of imidazole rings is 1. The van der Waals surface area contributed by atoms with Crippen LogP contribution in [0.15, 0.2) is 54.6 Å². The van der Waals surface area contributed by atoms with E-state index >= 15 is 0 Å². The van der Waals surface area contributed by atoms with Crippen molar-refractivity contribution in [1.82, 2.24) is 20.2 Å². The lowest BCUT2D eigenvalue weighted by molar-refractivity contribution is -0.122. The summed E-state index contributed by atoms with van der Waals surface area (Å²) in [5.74, 6) is 1.48. The minimum absolute atomic E-state index is 0.0825.